The predicted molar refractivity (Wildman–Crippen MR) is 151 cm³/mol. The van der Waals surface area contributed by atoms with Gasteiger partial charge in [0.1, 0.15) is 6.54 Å². The number of carbonyl (C=O) groups excluding carboxylic acids is 2. The molecule has 2 amide bonds. The fraction of sp³-hybridized carbons (Fsp3) is 0.367. The van der Waals surface area contributed by atoms with Crippen molar-refractivity contribution >= 4 is 51.4 Å². The highest BCUT2D eigenvalue weighted by Crippen LogP contribution is 2.39. The fourth-order valence-corrected chi connectivity index (χ4v) is 6.76. The molecule has 3 aliphatic rings. The van der Waals surface area contributed by atoms with E-state index < -0.39 is 0 Å². The number of amides is 2. The predicted octanol–water partition coefficient (Wildman–Crippen LogP) is 6.20. The third-order valence-corrected chi connectivity index (χ3v) is 8.61. The number of benzene rings is 2. The molecule has 1 aliphatic carbocycles. The average molecular weight is 513 g/mol. The highest BCUT2D eigenvalue weighted by Gasteiger charge is 2.38. The van der Waals surface area contributed by atoms with Crippen LogP contribution in [0.4, 0.5) is 5.69 Å². The summed E-state index contributed by atoms with van der Waals surface area (Å²) in [5, 5.41) is 1.82. The van der Waals surface area contributed by atoms with Crippen LogP contribution < -0.4 is 0 Å². The summed E-state index contributed by atoms with van der Waals surface area (Å²) in [5.41, 5.74) is 2.83. The van der Waals surface area contributed by atoms with E-state index in [1.54, 1.807) is 0 Å². The molecule has 3 aromatic rings. The maximum atomic E-state index is 13.8. The van der Waals surface area contributed by atoms with Crippen LogP contribution in [-0.2, 0) is 16.1 Å². The number of fused-ring (bicyclic) bond motifs is 1. The van der Waals surface area contributed by atoms with Gasteiger partial charge in [-0.2, -0.15) is 0 Å². The first-order valence-electron chi connectivity index (χ1n) is 13.4. The number of thioether (sulfide) groups is 1. The lowest BCUT2D eigenvalue weighted by Crippen LogP contribution is -2.40. The molecule has 0 N–H and O–H groups in total. The summed E-state index contributed by atoms with van der Waals surface area (Å²) in [7, 11) is 0. The number of carbonyl (C=O) groups is 2. The van der Waals surface area contributed by atoms with Gasteiger partial charge < -0.3 is 9.47 Å². The molecule has 37 heavy (non-hydrogen) atoms. The van der Waals surface area contributed by atoms with Crippen molar-refractivity contribution in [3.8, 4) is 0 Å². The van der Waals surface area contributed by atoms with Crippen molar-refractivity contribution in [3.05, 3.63) is 71.3 Å². The Kier molecular flexibility index (Phi) is 6.87. The van der Waals surface area contributed by atoms with Crippen LogP contribution in [0.2, 0.25) is 0 Å². The van der Waals surface area contributed by atoms with Crippen molar-refractivity contribution in [1.29, 1.82) is 0 Å². The minimum Gasteiger partial charge on any atom is -0.341 e. The number of nitrogens with zero attached hydrogens (tertiary/aromatic N) is 4. The highest BCUT2D eigenvalue weighted by atomic mass is 32.2. The third-order valence-electron chi connectivity index (χ3n) is 7.63. The first-order chi connectivity index (χ1) is 18.2. The van der Waals surface area contributed by atoms with E-state index in [2.05, 4.69) is 12.1 Å². The Morgan fingerprint density at radius 2 is 1.68 bits per heavy atom. The Morgan fingerprint density at radius 3 is 2.46 bits per heavy atom. The van der Waals surface area contributed by atoms with E-state index in [9.17, 15) is 9.59 Å². The molecule has 2 aliphatic heterocycles. The van der Waals surface area contributed by atoms with Crippen molar-refractivity contribution < 1.29 is 9.59 Å². The number of rotatable bonds is 5. The van der Waals surface area contributed by atoms with Crippen LogP contribution in [-0.4, -0.2) is 50.5 Å². The second-order valence-electron chi connectivity index (χ2n) is 10.1. The summed E-state index contributed by atoms with van der Waals surface area (Å²) < 4.78 is 2.03. The summed E-state index contributed by atoms with van der Waals surface area (Å²) in [6.45, 7) is 2.01. The summed E-state index contributed by atoms with van der Waals surface area (Å²) >= 11 is 1.47. The zero-order chi connectivity index (χ0) is 25.2. The van der Waals surface area contributed by atoms with Gasteiger partial charge in [0.25, 0.3) is 5.91 Å². The topological polar surface area (TPSA) is 57.9 Å². The summed E-state index contributed by atoms with van der Waals surface area (Å²) in [4.78, 5) is 36.2. The lowest BCUT2D eigenvalue weighted by atomic mass is 9.94. The Balaban J connectivity index is 1.35. The van der Waals surface area contributed by atoms with E-state index in [1.165, 1.54) is 18.2 Å². The molecule has 6 nitrogen and oxygen atoms in total. The van der Waals surface area contributed by atoms with Crippen molar-refractivity contribution in [3.63, 3.8) is 0 Å². The normalized spacial score (nSPS) is 21.1. The second kappa shape index (κ2) is 10.6. The van der Waals surface area contributed by atoms with Crippen LogP contribution in [0.15, 0.2) is 70.7 Å². The van der Waals surface area contributed by atoms with Gasteiger partial charge in [-0.1, -0.05) is 55.7 Å². The zero-order valence-electron chi connectivity index (χ0n) is 21.0. The first-order valence-corrected chi connectivity index (χ1v) is 14.2. The smallest absolute Gasteiger partial charge is 0.267 e. The summed E-state index contributed by atoms with van der Waals surface area (Å²) in [5.74, 6) is 0.195. The number of hydrogen-bond acceptors (Lipinski definition) is 4. The van der Waals surface area contributed by atoms with Crippen LogP contribution in [0.1, 0.15) is 50.5 Å². The number of aliphatic imine (C=N–C) groups is 1. The molecule has 0 unspecified atom stereocenters. The molecular formula is C30H32N4O2S. The molecule has 1 aromatic heterocycles. The first kappa shape index (κ1) is 24.0. The van der Waals surface area contributed by atoms with E-state index in [4.69, 9.17) is 4.99 Å². The second-order valence-corrected chi connectivity index (χ2v) is 11.1. The monoisotopic (exact) mass is 512 g/mol. The zero-order valence-corrected chi connectivity index (χ0v) is 21.8. The van der Waals surface area contributed by atoms with Gasteiger partial charge in [-0.05, 0) is 61.7 Å². The summed E-state index contributed by atoms with van der Waals surface area (Å²) in [6.07, 6.45) is 11.8. The lowest BCUT2D eigenvalue weighted by Gasteiger charge is -2.30. The Bertz CT molecular complexity index is 1360. The van der Waals surface area contributed by atoms with Crippen LogP contribution in [0.5, 0.6) is 0 Å². The Hall–Kier alpha value is -3.32. The molecule has 7 heteroatoms. The summed E-state index contributed by atoms with van der Waals surface area (Å²) in [6, 6.07) is 18.2. The van der Waals surface area contributed by atoms with Crippen molar-refractivity contribution in [2.24, 2.45) is 4.99 Å². The molecular weight excluding hydrogens is 480 g/mol. The van der Waals surface area contributed by atoms with E-state index in [0.29, 0.717) is 11.4 Å². The molecule has 0 bridgehead atoms. The maximum Gasteiger partial charge on any atom is 0.267 e. The third kappa shape index (κ3) is 4.97. The number of hydrogen-bond donors (Lipinski definition) is 0. The quantitative estimate of drug-likeness (QED) is 0.383. The lowest BCUT2D eigenvalue weighted by molar-refractivity contribution is -0.130. The van der Waals surface area contributed by atoms with Gasteiger partial charge in [-0.3, -0.25) is 14.5 Å². The molecule has 2 saturated heterocycles. The van der Waals surface area contributed by atoms with E-state index in [1.807, 2.05) is 69.1 Å². The number of likely N-dealkylation sites (tertiary alicyclic amines) is 1. The molecule has 0 radical (unpaired) electrons. The molecule has 0 spiro atoms. The SMILES string of the molecule is O=C(Cn1cc(/C=C2/SC(=Nc3ccccc3)N(C3CCCCC3)C2=O)c2ccccc21)N1CCCC1. The molecule has 2 aromatic carbocycles. The van der Waals surface area contributed by atoms with Gasteiger partial charge >= 0.3 is 0 Å². The molecule has 3 fully saturated rings. The molecule has 6 rings (SSSR count). The Labute approximate surface area is 222 Å². The maximum absolute atomic E-state index is 13.8. The van der Waals surface area contributed by atoms with Crippen LogP contribution in [0.25, 0.3) is 17.0 Å². The largest absolute Gasteiger partial charge is 0.341 e. The van der Waals surface area contributed by atoms with Crippen LogP contribution in [0, 0.1) is 0 Å². The van der Waals surface area contributed by atoms with E-state index in [-0.39, 0.29) is 17.9 Å². The molecule has 0 atom stereocenters. The number of amidine groups is 1. The minimum atomic E-state index is 0.0385. The Morgan fingerprint density at radius 1 is 0.946 bits per heavy atom. The van der Waals surface area contributed by atoms with Gasteiger partial charge in [-0.15, -0.1) is 0 Å². The van der Waals surface area contributed by atoms with Gasteiger partial charge in [0, 0.05) is 41.8 Å². The number of para-hydroxylation sites is 2. The molecule has 1 saturated carbocycles. The highest BCUT2D eigenvalue weighted by molar-refractivity contribution is 8.18. The van der Waals surface area contributed by atoms with Crippen molar-refractivity contribution in [2.75, 3.05) is 13.1 Å². The van der Waals surface area contributed by atoms with Gasteiger partial charge in [0.05, 0.1) is 10.6 Å². The average Bonchev–Trinajstić information content (AvgIpc) is 3.65. The molecule has 190 valence electrons. The standard InChI is InChI=1S/C30H32N4O2S/c35-28(32-17-9-10-18-32)21-33-20-22(25-15-7-8-16-26(25)33)19-27-29(36)34(24-13-5-2-6-14-24)30(37-27)31-23-11-3-1-4-12-23/h1,3-4,7-8,11-12,15-16,19-20,24H,2,5-6,9-10,13-14,17-18,21H2/b27-19+,31-30?. The van der Waals surface area contributed by atoms with Crippen LogP contribution >= 0.6 is 11.8 Å². The van der Waals surface area contributed by atoms with E-state index >= 15 is 0 Å². The van der Waals surface area contributed by atoms with Gasteiger partial charge in [0.15, 0.2) is 5.17 Å². The fourth-order valence-electron chi connectivity index (χ4n) is 5.71. The van der Waals surface area contributed by atoms with Crippen LogP contribution in [0.3, 0.4) is 0 Å². The van der Waals surface area contributed by atoms with E-state index in [0.717, 1.165) is 78.9 Å². The molecule has 3 heterocycles. The van der Waals surface area contributed by atoms with Crippen molar-refractivity contribution in [1.82, 2.24) is 14.4 Å². The number of aromatic nitrogens is 1. The van der Waals surface area contributed by atoms with Gasteiger partial charge in [0.2, 0.25) is 5.91 Å². The van der Waals surface area contributed by atoms with Crippen molar-refractivity contribution in [2.45, 2.75) is 57.5 Å². The van der Waals surface area contributed by atoms with Gasteiger partial charge in [-0.25, -0.2) is 4.99 Å². The minimum absolute atomic E-state index is 0.0385.